The molecule has 0 spiro atoms. The van der Waals surface area contributed by atoms with E-state index in [1.54, 1.807) is 6.33 Å². The Balaban J connectivity index is 1.74. The minimum Gasteiger partial charge on any atom is -0.491 e. The Morgan fingerprint density at radius 1 is 1.22 bits per heavy atom. The van der Waals surface area contributed by atoms with Crippen LogP contribution in [0.3, 0.4) is 0 Å². The summed E-state index contributed by atoms with van der Waals surface area (Å²) in [6, 6.07) is 8.57. The van der Waals surface area contributed by atoms with Crippen LogP contribution in [0.1, 0.15) is 20.8 Å². The number of piperazine rings is 1. The second-order valence-corrected chi connectivity index (χ2v) is 7.38. The van der Waals surface area contributed by atoms with Crippen molar-refractivity contribution >= 4 is 16.7 Å². The molecule has 7 nitrogen and oxygen atoms in total. The van der Waals surface area contributed by atoms with Crippen molar-refractivity contribution in [3.8, 4) is 17.1 Å². The van der Waals surface area contributed by atoms with E-state index in [1.165, 1.54) is 0 Å². The van der Waals surface area contributed by atoms with E-state index >= 15 is 0 Å². The lowest BCUT2D eigenvalue weighted by Gasteiger charge is -2.32. The van der Waals surface area contributed by atoms with Gasteiger partial charge >= 0.3 is 0 Å². The van der Waals surface area contributed by atoms with Gasteiger partial charge in [0.25, 0.3) is 0 Å². The SMILES string of the molecule is CC1CN(c2cc(-c3nn(C)c4ccc(OC(C)C)cc34)ncn2)CCN1. The van der Waals surface area contributed by atoms with Crippen LogP contribution >= 0.6 is 0 Å². The molecular formula is C20H26N6O. The van der Waals surface area contributed by atoms with Crippen molar-refractivity contribution < 1.29 is 4.74 Å². The zero-order valence-electron chi connectivity index (χ0n) is 16.3. The maximum atomic E-state index is 5.87. The van der Waals surface area contributed by atoms with Gasteiger partial charge in [-0.2, -0.15) is 5.10 Å². The Morgan fingerprint density at radius 3 is 2.85 bits per heavy atom. The average Bonchev–Trinajstić information content (AvgIpc) is 2.97. The number of rotatable bonds is 4. The molecule has 2 aromatic heterocycles. The fourth-order valence-electron chi connectivity index (χ4n) is 3.57. The van der Waals surface area contributed by atoms with Gasteiger partial charge in [-0.15, -0.1) is 0 Å². The van der Waals surface area contributed by atoms with Crippen LogP contribution in [0.2, 0.25) is 0 Å². The highest BCUT2D eigenvalue weighted by Crippen LogP contribution is 2.31. The molecule has 1 aliphatic rings. The largest absolute Gasteiger partial charge is 0.491 e. The van der Waals surface area contributed by atoms with Crippen molar-refractivity contribution in [3.05, 3.63) is 30.6 Å². The summed E-state index contributed by atoms with van der Waals surface area (Å²) < 4.78 is 7.76. The van der Waals surface area contributed by atoms with Crippen molar-refractivity contribution in [2.45, 2.75) is 32.9 Å². The van der Waals surface area contributed by atoms with Crippen LogP contribution in [0.4, 0.5) is 5.82 Å². The zero-order valence-corrected chi connectivity index (χ0v) is 16.3. The second-order valence-electron chi connectivity index (χ2n) is 7.38. The van der Waals surface area contributed by atoms with E-state index in [1.807, 2.05) is 49.8 Å². The maximum Gasteiger partial charge on any atom is 0.132 e. The number of hydrogen-bond donors (Lipinski definition) is 1. The van der Waals surface area contributed by atoms with Crippen LogP contribution in [0.5, 0.6) is 5.75 Å². The summed E-state index contributed by atoms with van der Waals surface area (Å²) in [4.78, 5) is 11.3. The predicted molar refractivity (Wildman–Crippen MR) is 107 cm³/mol. The molecule has 1 unspecified atom stereocenters. The molecule has 1 fully saturated rings. The van der Waals surface area contributed by atoms with E-state index in [0.29, 0.717) is 6.04 Å². The third kappa shape index (κ3) is 3.60. The van der Waals surface area contributed by atoms with E-state index in [-0.39, 0.29) is 6.10 Å². The lowest BCUT2D eigenvalue weighted by atomic mass is 10.1. The summed E-state index contributed by atoms with van der Waals surface area (Å²) >= 11 is 0. The second kappa shape index (κ2) is 7.15. The van der Waals surface area contributed by atoms with Gasteiger partial charge in [0.05, 0.1) is 17.3 Å². The number of ether oxygens (including phenoxy) is 1. The van der Waals surface area contributed by atoms with Gasteiger partial charge in [-0.1, -0.05) is 0 Å². The Hall–Kier alpha value is -2.67. The molecule has 4 rings (SSSR count). The first-order valence-electron chi connectivity index (χ1n) is 9.45. The molecule has 3 heterocycles. The Morgan fingerprint density at radius 2 is 2.07 bits per heavy atom. The van der Waals surface area contributed by atoms with Gasteiger partial charge in [-0.05, 0) is 39.0 Å². The van der Waals surface area contributed by atoms with Crippen molar-refractivity contribution in [1.82, 2.24) is 25.1 Å². The topological polar surface area (TPSA) is 68.1 Å². The molecule has 1 saturated heterocycles. The van der Waals surface area contributed by atoms with Crippen molar-refractivity contribution in [3.63, 3.8) is 0 Å². The van der Waals surface area contributed by atoms with Crippen LogP contribution in [0.15, 0.2) is 30.6 Å². The van der Waals surface area contributed by atoms with E-state index in [4.69, 9.17) is 9.84 Å². The van der Waals surface area contributed by atoms with Gasteiger partial charge in [-0.3, -0.25) is 4.68 Å². The number of benzene rings is 1. The highest BCUT2D eigenvalue weighted by atomic mass is 16.5. The molecule has 3 aromatic rings. The standard InChI is InChI=1S/C20H26N6O/c1-13(2)27-15-5-6-18-16(9-15)20(24-25(18)4)17-10-19(23-12-22-17)26-8-7-21-14(3)11-26/h5-6,9-10,12-14,21H,7-8,11H2,1-4H3. The molecule has 1 aliphatic heterocycles. The third-order valence-corrected chi connectivity index (χ3v) is 4.78. The Bertz CT molecular complexity index is 951. The summed E-state index contributed by atoms with van der Waals surface area (Å²) in [7, 11) is 1.95. The van der Waals surface area contributed by atoms with Gasteiger partial charge < -0.3 is 15.0 Å². The molecule has 0 saturated carbocycles. The van der Waals surface area contributed by atoms with Gasteiger partial charge in [-0.25, -0.2) is 9.97 Å². The van der Waals surface area contributed by atoms with Crippen molar-refractivity contribution in [1.29, 1.82) is 0 Å². The van der Waals surface area contributed by atoms with E-state index in [2.05, 4.69) is 27.1 Å². The maximum absolute atomic E-state index is 5.87. The summed E-state index contributed by atoms with van der Waals surface area (Å²) in [5.74, 6) is 1.79. The third-order valence-electron chi connectivity index (χ3n) is 4.78. The first-order valence-corrected chi connectivity index (χ1v) is 9.45. The lowest BCUT2D eigenvalue weighted by Crippen LogP contribution is -2.49. The van der Waals surface area contributed by atoms with Crippen molar-refractivity contribution in [2.24, 2.45) is 7.05 Å². The summed E-state index contributed by atoms with van der Waals surface area (Å²) in [6.07, 6.45) is 1.76. The smallest absolute Gasteiger partial charge is 0.132 e. The molecule has 0 aliphatic carbocycles. The summed E-state index contributed by atoms with van der Waals surface area (Å²) in [6.45, 7) is 9.08. The fourth-order valence-corrected chi connectivity index (χ4v) is 3.57. The number of nitrogens with one attached hydrogen (secondary N) is 1. The molecule has 7 heteroatoms. The van der Waals surface area contributed by atoms with Crippen LogP contribution in [-0.2, 0) is 7.05 Å². The highest BCUT2D eigenvalue weighted by molar-refractivity contribution is 5.93. The normalized spacial score (nSPS) is 17.7. The summed E-state index contributed by atoms with van der Waals surface area (Å²) in [5.41, 5.74) is 2.74. The monoisotopic (exact) mass is 366 g/mol. The van der Waals surface area contributed by atoms with Crippen LogP contribution in [0.25, 0.3) is 22.3 Å². The van der Waals surface area contributed by atoms with E-state index < -0.39 is 0 Å². The number of anilines is 1. The number of nitrogens with zero attached hydrogens (tertiary/aromatic N) is 5. The summed E-state index contributed by atoms with van der Waals surface area (Å²) in [5, 5.41) is 9.22. The number of hydrogen-bond acceptors (Lipinski definition) is 6. The average molecular weight is 366 g/mol. The predicted octanol–water partition coefficient (Wildman–Crippen LogP) is 2.62. The molecule has 142 valence electrons. The van der Waals surface area contributed by atoms with Gasteiger partial charge in [0.1, 0.15) is 23.6 Å². The van der Waals surface area contributed by atoms with Gasteiger partial charge in [0.2, 0.25) is 0 Å². The highest BCUT2D eigenvalue weighted by Gasteiger charge is 2.19. The number of fused-ring (bicyclic) bond motifs is 1. The molecule has 1 atom stereocenters. The molecule has 1 N–H and O–H groups in total. The zero-order chi connectivity index (χ0) is 19.0. The minimum absolute atomic E-state index is 0.128. The number of aryl methyl sites for hydroxylation is 1. The number of aromatic nitrogens is 4. The van der Waals surface area contributed by atoms with Gasteiger partial charge in [0, 0.05) is 44.2 Å². The molecule has 0 radical (unpaired) electrons. The van der Waals surface area contributed by atoms with E-state index in [0.717, 1.165) is 53.5 Å². The van der Waals surface area contributed by atoms with Crippen molar-refractivity contribution in [2.75, 3.05) is 24.5 Å². The lowest BCUT2D eigenvalue weighted by molar-refractivity contribution is 0.243. The Kier molecular flexibility index (Phi) is 4.70. The first-order chi connectivity index (χ1) is 13.0. The van der Waals surface area contributed by atoms with Crippen LogP contribution in [0, 0.1) is 0 Å². The molecule has 0 bridgehead atoms. The van der Waals surface area contributed by atoms with Crippen LogP contribution in [-0.4, -0.2) is 51.5 Å². The van der Waals surface area contributed by atoms with Gasteiger partial charge in [0.15, 0.2) is 0 Å². The molecular weight excluding hydrogens is 340 g/mol. The molecule has 27 heavy (non-hydrogen) atoms. The Labute approximate surface area is 159 Å². The minimum atomic E-state index is 0.128. The molecule has 0 amide bonds. The van der Waals surface area contributed by atoms with E-state index in [9.17, 15) is 0 Å². The molecule has 1 aromatic carbocycles. The first kappa shape index (κ1) is 17.7. The fraction of sp³-hybridized carbons (Fsp3) is 0.450. The van der Waals surface area contributed by atoms with Crippen LogP contribution < -0.4 is 15.0 Å². The quantitative estimate of drug-likeness (QED) is 0.766.